The van der Waals surface area contributed by atoms with Crippen LogP contribution in [0.5, 0.6) is 0 Å². The standard InChI is InChI=1S/C24H24F3N9O8/c1-10(37)41-8-15-17(42-11(2)38)18(43-12(3)39)21(44-15)36-9-29-16-19(28)31-22(32-20(16)36)33-35-34-23(40)30-14-6-4-5-13(7-14)24(25,26)27/h4-7,9,15,17-18,21H,8H2,1-3H3,(H4,28,30,31,32,33,34,40)/t15-,17-,18-,21-/m1/s1. The van der Waals surface area contributed by atoms with Gasteiger partial charge in [-0.25, -0.2) is 15.2 Å². The first-order valence-electron chi connectivity index (χ1n) is 12.5. The maximum absolute atomic E-state index is 12.9. The molecule has 20 heteroatoms. The molecule has 0 unspecified atom stereocenters. The van der Waals surface area contributed by atoms with Crippen LogP contribution in [0.3, 0.4) is 0 Å². The third-order valence-electron chi connectivity index (χ3n) is 5.79. The molecule has 0 spiro atoms. The van der Waals surface area contributed by atoms with Crippen LogP contribution in [0.2, 0.25) is 0 Å². The average Bonchev–Trinajstić information content (AvgIpc) is 3.48. The number of amides is 2. The monoisotopic (exact) mass is 623 g/mol. The Bertz CT molecular complexity index is 1610. The van der Waals surface area contributed by atoms with Gasteiger partial charge in [0.2, 0.25) is 0 Å². The van der Waals surface area contributed by atoms with Crippen LogP contribution in [0, 0.1) is 0 Å². The van der Waals surface area contributed by atoms with E-state index < -0.39 is 60.2 Å². The van der Waals surface area contributed by atoms with Gasteiger partial charge in [-0.05, 0) is 18.2 Å². The van der Waals surface area contributed by atoms with Crippen molar-refractivity contribution in [2.24, 2.45) is 10.3 Å². The zero-order valence-corrected chi connectivity index (χ0v) is 23.1. The van der Waals surface area contributed by atoms with Gasteiger partial charge in [-0.2, -0.15) is 23.1 Å². The highest BCUT2D eigenvalue weighted by Gasteiger charge is 2.51. The molecule has 1 aliphatic rings. The van der Waals surface area contributed by atoms with Gasteiger partial charge in [0.25, 0.3) is 5.95 Å². The number of carbonyl (C=O) groups excluding carboxylic acids is 4. The Morgan fingerprint density at radius 2 is 1.77 bits per heavy atom. The van der Waals surface area contributed by atoms with Crippen molar-refractivity contribution in [3.8, 4) is 0 Å². The Kier molecular flexibility index (Phi) is 9.21. The predicted molar refractivity (Wildman–Crippen MR) is 140 cm³/mol. The van der Waals surface area contributed by atoms with E-state index in [4.69, 9.17) is 24.7 Å². The van der Waals surface area contributed by atoms with E-state index in [2.05, 4.69) is 30.6 Å². The summed E-state index contributed by atoms with van der Waals surface area (Å²) in [6.45, 7) is 3.08. The Labute approximate surface area is 244 Å². The van der Waals surface area contributed by atoms with E-state index in [-0.39, 0.29) is 35.2 Å². The zero-order valence-electron chi connectivity index (χ0n) is 23.1. The SMILES string of the molecule is CC(=O)OC[C@H]1O[C@@H](n2cnc3c(N)nc(/N=N/NC(=O)Nc4cccc(C(F)(F)F)c4)nc32)[C@H](OC(C)=O)[C@@H]1OC(C)=O. The van der Waals surface area contributed by atoms with Gasteiger partial charge >= 0.3 is 30.1 Å². The molecule has 2 amide bonds. The number of rotatable bonds is 8. The molecule has 0 radical (unpaired) electrons. The zero-order chi connectivity index (χ0) is 32.2. The number of alkyl halides is 3. The summed E-state index contributed by atoms with van der Waals surface area (Å²) in [5.41, 5.74) is 6.90. The quantitative estimate of drug-likeness (QED) is 0.142. The summed E-state index contributed by atoms with van der Waals surface area (Å²) < 4.78 is 61.8. The number of ether oxygens (including phenoxy) is 4. The van der Waals surface area contributed by atoms with Gasteiger partial charge in [-0.3, -0.25) is 19.0 Å². The lowest BCUT2D eigenvalue weighted by Crippen LogP contribution is -2.40. The van der Waals surface area contributed by atoms with Crippen LogP contribution >= 0.6 is 0 Å². The highest BCUT2D eigenvalue weighted by Crippen LogP contribution is 2.36. The van der Waals surface area contributed by atoms with Gasteiger partial charge in [0, 0.05) is 26.5 Å². The fourth-order valence-corrected chi connectivity index (χ4v) is 4.12. The number of nitrogen functional groups attached to an aromatic ring is 1. The number of nitrogens with two attached hydrogens (primary N) is 1. The first-order chi connectivity index (χ1) is 20.7. The topological polar surface area (TPSA) is 224 Å². The molecular weight excluding hydrogens is 599 g/mol. The fraction of sp³-hybridized carbons (Fsp3) is 0.375. The lowest BCUT2D eigenvalue weighted by atomic mass is 10.1. The first-order valence-corrected chi connectivity index (χ1v) is 12.5. The Hall–Kier alpha value is -5.40. The normalized spacial score (nSPS) is 20.0. The molecular formula is C24H24F3N9O8. The molecule has 1 aromatic carbocycles. The van der Waals surface area contributed by atoms with Crippen LogP contribution < -0.4 is 16.5 Å². The maximum atomic E-state index is 12.9. The van der Waals surface area contributed by atoms with Crippen molar-refractivity contribution in [3.05, 3.63) is 36.2 Å². The second-order valence-electron chi connectivity index (χ2n) is 9.09. The summed E-state index contributed by atoms with van der Waals surface area (Å²) in [6, 6.07) is 2.90. The molecule has 3 aromatic rings. The Morgan fingerprint density at radius 3 is 2.43 bits per heavy atom. The molecule has 234 valence electrons. The lowest BCUT2D eigenvalue weighted by Gasteiger charge is -2.23. The number of hydrogen-bond acceptors (Lipinski definition) is 14. The molecule has 3 heterocycles. The molecule has 4 N–H and O–H groups in total. The molecule has 1 fully saturated rings. The van der Waals surface area contributed by atoms with Gasteiger partial charge in [-0.15, -0.1) is 0 Å². The van der Waals surface area contributed by atoms with Crippen LogP contribution in [-0.2, 0) is 39.5 Å². The van der Waals surface area contributed by atoms with Gasteiger partial charge in [-0.1, -0.05) is 16.4 Å². The minimum Gasteiger partial charge on any atom is -0.463 e. The minimum atomic E-state index is -4.61. The molecule has 2 aromatic heterocycles. The van der Waals surface area contributed by atoms with E-state index in [1.54, 1.807) is 0 Å². The summed E-state index contributed by atoms with van der Waals surface area (Å²) in [4.78, 5) is 59.6. The number of urea groups is 1. The van der Waals surface area contributed by atoms with Gasteiger partial charge < -0.3 is 30.0 Å². The Balaban J connectivity index is 1.57. The average molecular weight is 624 g/mol. The number of esters is 3. The number of anilines is 2. The molecule has 0 saturated carbocycles. The van der Waals surface area contributed by atoms with Crippen molar-refractivity contribution in [1.29, 1.82) is 0 Å². The number of nitrogens with one attached hydrogen (secondary N) is 2. The van der Waals surface area contributed by atoms with Crippen LogP contribution in [0.25, 0.3) is 11.2 Å². The number of hydrogen-bond donors (Lipinski definition) is 3. The summed E-state index contributed by atoms with van der Waals surface area (Å²) >= 11 is 0. The minimum absolute atomic E-state index is 0.00303. The molecule has 1 aliphatic heterocycles. The lowest BCUT2D eigenvalue weighted by molar-refractivity contribution is -0.166. The maximum Gasteiger partial charge on any atom is 0.416 e. The molecule has 4 atom stereocenters. The van der Waals surface area contributed by atoms with Gasteiger partial charge in [0.05, 0.1) is 11.9 Å². The first kappa shape index (κ1) is 31.5. The van der Waals surface area contributed by atoms with Crippen molar-refractivity contribution in [2.45, 2.75) is 51.5 Å². The second kappa shape index (κ2) is 12.9. The predicted octanol–water partition coefficient (Wildman–Crippen LogP) is 2.57. The van der Waals surface area contributed by atoms with Crippen molar-refractivity contribution in [2.75, 3.05) is 17.7 Å². The largest absolute Gasteiger partial charge is 0.463 e. The van der Waals surface area contributed by atoms with Crippen LogP contribution in [0.15, 0.2) is 40.9 Å². The molecule has 1 saturated heterocycles. The van der Waals surface area contributed by atoms with E-state index in [1.807, 2.05) is 5.43 Å². The number of halogens is 3. The van der Waals surface area contributed by atoms with Crippen LogP contribution in [0.1, 0.15) is 32.6 Å². The smallest absolute Gasteiger partial charge is 0.416 e. The van der Waals surface area contributed by atoms with Gasteiger partial charge in [0.15, 0.2) is 29.9 Å². The summed E-state index contributed by atoms with van der Waals surface area (Å²) in [7, 11) is 0. The number of fused-ring (bicyclic) bond motifs is 1. The number of carbonyl (C=O) groups is 4. The fourth-order valence-electron chi connectivity index (χ4n) is 4.12. The molecule has 44 heavy (non-hydrogen) atoms. The number of aromatic nitrogens is 4. The molecule has 0 aliphatic carbocycles. The van der Waals surface area contributed by atoms with E-state index >= 15 is 0 Å². The third kappa shape index (κ3) is 7.51. The summed E-state index contributed by atoms with van der Waals surface area (Å²) in [6.07, 6.45) is -8.11. The summed E-state index contributed by atoms with van der Waals surface area (Å²) in [5.74, 6) is -2.66. The molecule has 0 bridgehead atoms. The second-order valence-corrected chi connectivity index (χ2v) is 9.09. The molecule has 17 nitrogen and oxygen atoms in total. The van der Waals surface area contributed by atoms with Crippen molar-refractivity contribution in [3.63, 3.8) is 0 Å². The number of benzene rings is 1. The van der Waals surface area contributed by atoms with E-state index in [0.29, 0.717) is 0 Å². The van der Waals surface area contributed by atoms with Crippen molar-refractivity contribution >= 4 is 52.6 Å². The van der Waals surface area contributed by atoms with Gasteiger partial charge in [0.1, 0.15) is 18.2 Å². The van der Waals surface area contributed by atoms with Crippen LogP contribution in [-0.4, -0.2) is 68.4 Å². The van der Waals surface area contributed by atoms with Crippen molar-refractivity contribution < 1.29 is 51.3 Å². The van der Waals surface area contributed by atoms with E-state index in [9.17, 15) is 32.3 Å². The summed E-state index contributed by atoms with van der Waals surface area (Å²) in [5, 5.41) is 9.28. The number of nitrogens with zero attached hydrogens (tertiary/aromatic N) is 6. The highest BCUT2D eigenvalue weighted by atomic mass is 19.4. The van der Waals surface area contributed by atoms with E-state index in [0.717, 1.165) is 32.0 Å². The third-order valence-corrected chi connectivity index (χ3v) is 5.79. The Morgan fingerprint density at radius 1 is 1.07 bits per heavy atom. The van der Waals surface area contributed by atoms with E-state index in [1.165, 1.54) is 23.9 Å². The molecule has 4 rings (SSSR count). The van der Waals surface area contributed by atoms with Crippen molar-refractivity contribution in [1.82, 2.24) is 24.9 Å². The highest BCUT2D eigenvalue weighted by molar-refractivity contribution is 5.89. The van der Waals surface area contributed by atoms with Crippen LogP contribution in [0.4, 0.5) is 35.4 Å². The number of imidazole rings is 1.